The Labute approximate surface area is 158 Å². The van der Waals surface area contributed by atoms with Crippen LogP contribution in [0.15, 0.2) is 66.1 Å². The average molecular weight is 382 g/mol. The molecule has 0 radical (unpaired) electrons. The molecule has 1 amide bonds. The number of amides is 1. The molecule has 1 aliphatic rings. The highest BCUT2D eigenvalue weighted by Gasteiger charge is 2.30. The summed E-state index contributed by atoms with van der Waals surface area (Å²) in [5.41, 5.74) is 1.23. The largest absolute Gasteiger partial charge is 0.482 e. The van der Waals surface area contributed by atoms with Crippen LogP contribution in [0.3, 0.4) is 0 Å². The van der Waals surface area contributed by atoms with Crippen molar-refractivity contribution in [1.29, 1.82) is 5.26 Å². The minimum atomic E-state index is -3.30. The van der Waals surface area contributed by atoms with Gasteiger partial charge in [-0.05, 0) is 23.8 Å². The fourth-order valence-corrected chi connectivity index (χ4v) is 4.13. The molecule has 7 heteroatoms. The summed E-state index contributed by atoms with van der Waals surface area (Å²) in [6.07, 6.45) is 1.53. The van der Waals surface area contributed by atoms with Crippen LogP contribution in [-0.4, -0.2) is 37.6 Å². The number of sulfone groups is 1. The highest BCUT2D eigenvalue weighted by molar-refractivity contribution is 7.94. The van der Waals surface area contributed by atoms with Crippen LogP contribution in [0.1, 0.15) is 11.1 Å². The van der Waals surface area contributed by atoms with E-state index in [4.69, 9.17) is 10.00 Å². The lowest BCUT2D eigenvalue weighted by Gasteiger charge is -2.27. The summed E-state index contributed by atoms with van der Waals surface area (Å²) in [4.78, 5) is 14.3. The zero-order valence-corrected chi connectivity index (χ0v) is 15.3. The first-order valence-corrected chi connectivity index (χ1v) is 10.1. The summed E-state index contributed by atoms with van der Waals surface area (Å²) in [5, 5.41) is 10.3. The van der Waals surface area contributed by atoms with Crippen molar-refractivity contribution in [3.8, 4) is 11.8 Å². The van der Waals surface area contributed by atoms with Crippen molar-refractivity contribution in [3.63, 3.8) is 0 Å². The molecule has 27 heavy (non-hydrogen) atoms. The van der Waals surface area contributed by atoms with Crippen LogP contribution < -0.4 is 4.74 Å². The van der Waals surface area contributed by atoms with E-state index < -0.39 is 15.9 Å². The molecular weight excluding hydrogens is 364 g/mol. The lowest BCUT2D eigenvalue weighted by atomic mass is 10.1. The smallest absolute Gasteiger partial charge is 0.261 e. The zero-order chi connectivity index (χ0) is 19.3. The molecule has 0 N–H and O–H groups in total. The Hall–Kier alpha value is -3.11. The summed E-state index contributed by atoms with van der Waals surface area (Å²) in [7, 11) is -3.30. The van der Waals surface area contributed by atoms with Gasteiger partial charge >= 0.3 is 0 Å². The number of carbonyl (C=O) groups excluding carboxylic acids is 1. The van der Waals surface area contributed by atoms with Gasteiger partial charge < -0.3 is 9.64 Å². The SMILES string of the molecule is N#Cc1ccccc1OCC(=O)N(Cc1ccccc1)C1C=CS(=O)(=O)C1. The quantitative estimate of drug-likeness (QED) is 0.765. The van der Waals surface area contributed by atoms with E-state index in [1.165, 1.54) is 11.0 Å². The van der Waals surface area contributed by atoms with Crippen LogP contribution in [0.5, 0.6) is 5.75 Å². The van der Waals surface area contributed by atoms with Crippen molar-refractivity contribution < 1.29 is 17.9 Å². The maximum absolute atomic E-state index is 12.8. The second-order valence-electron chi connectivity index (χ2n) is 6.13. The zero-order valence-electron chi connectivity index (χ0n) is 14.5. The van der Waals surface area contributed by atoms with Crippen molar-refractivity contribution >= 4 is 15.7 Å². The fourth-order valence-electron chi connectivity index (χ4n) is 2.83. The highest BCUT2D eigenvalue weighted by Crippen LogP contribution is 2.20. The van der Waals surface area contributed by atoms with Gasteiger partial charge in [-0.15, -0.1) is 0 Å². The molecule has 0 spiro atoms. The van der Waals surface area contributed by atoms with Crippen molar-refractivity contribution in [2.24, 2.45) is 0 Å². The number of nitriles is 1. The molecule has 1 heterocycles. The number of ether oxygens (including phenoxy) is 1. The number of carbonyl (C=O) groups is 1. The van der Waals surface area contributed by atoms with Crippen LogP contribution in [0.2, 0.25) is 0 Å². The van der Waals surface area contributed by atoms with E-state index in [2.05, 4.69) is 0 Å². The summed E-state index contributed by atoms with van der Waals surface area (Å²) in [6, 6.07) is 17.5. The fraction of sp³-hybridized carbons (Fsp3) is 0.200. The van der Waals surface area contributed by atoms with Gasteiger partial charge in [-0.2, -0.15) is 5.26 Å². The third kappa shape index (κ3) is 4.74. The number of rotatable bonds is 6. The summed E-state index contributed by atoms with van der Waals surface area (Å²) in [6.45, 7) is -0.0105. The van der Waals surface area contributed by atoms with Gasteiger partial charge in [-0.1, -0.05) is 42.5 Å². The molecule has 0 saturated heterocycles. The Morgan fingerprint density at radius 3 is 2.52 bits per heavy atom. The minimum Gasteiger partial charge on any atom is -0.482 e. The van der Waals surface area contributed by atoms with Crippen LogP contribution in [0, 0.1) is 11.3 Å². The number of hydrogen-bond donors (Lipinski definition) is 0. The van der Waals surface area contributed by atoms with E-state index in [0.29, 0.717) is 11.3 Å². The normalized spacial score (nSPS) is 17.2. The van der Waals surface area contributed by atoms with Gasteiger partial charge in [-0.25, -0.2) is 8.42 Å². The molecule has 1 aliphatic heterocycles. The van der Waals surface area contributed by atoms with Gasteiger partial charge in [0.1, 0.15) is 11.8 Å². The van der Waals surface area contributed by atoms with Gasteiger partial charge in [0.2, 0.25) is 0 Å². The number of para-hydroxylation sites is 1. The summed E-state index contributed by atoms with van der Waals surface area (Å²) in [5.74, 6) is -0.165. The Morgan fingerprint density at radius 1 is 1.15 bits per heavy atom. The first-order chi connectivity index (χ1) is 13.0. The predicted octanol–water partition coefficient (Wildman–Crippen LogP) is 2.28. The van der Waals surface area contributed by atoms with Gasteiger partial charge in [0.05, 0.1) is 17.4 Å². The number of hydrogen-bond acceptors (Lipinski definition) is 5. The van der Waals surface area contributed by atoms with Crippen molar-refractivity contribution in [2.45, 2.75) is 12.6 Å². The third-order valence-corrected chi connectivity index (χ3v) is 5.56. The molecule has 0 bridgehead atoms. The van der Waals surface area contributed by atoms with Crippen LogP contribution in [0.4, 0.5) is 0 Å². The maximum Gasteiger partial charge on any atom is 0.261 e. The van der Waals surface area contributed by atoms with E-state index in [0.717, 1.165) is 11.0 Å². The molecule has 0 saturated carbocycles. The monoisotopic (exact) mass is 382 g/mol. The second kappa shape index (κ2) is 8.06. The molecule has 1 atom stereocenters. The molecule has 1 unspecified atom stereocenters. The molecule has 3 rings (SSSR count). The summed E-state index contributed by atoms with van der Waals surface area (Å²) < 4.78 is 29.1. The Balaban J connectivity index is 1.76. The predicted molar refractivity (Wildman–Crippen MR) is 100 cm³/mol. The van der Waals surface area contributed by atoms with Crippen molar-refractivity contribution in [2.75, 3.05) is 12.4 Å². The average Bonchev–Trinajstić information content (AvgIpc) is 3.04. The molecule has 0 aliphatic carbocycles. The van der Waals surface area contributed by atoms with Crippen LogP contribution in [0.25, 0.3) is 0 Å². The first-order valence-electron chi connectivity index (χ1n) is 8.35. The Morgan fingerprint density at radius 2 is 1.85 bits per heavy atom. The molecule has 0 fully saturated rings. The maximum atomic E-state index is 12.8. The highest BCUT2D eigenvalue weighted by atomic mass is 32.2. The molecule has 0 aromatic heterocycles. The standard InChI is InChI=1S/C20H18N2O4S/c21-12-17-8-4-5-9-19(17)26-14-20(23)22(13-16-6-2-1-3-7-16)18-10-11-27(24,25)15-18/h1-11,18H,13-15H2. The van der Waals surface area contributed by atoms with Crippen molar-refractivity contribution in [1.82, 2.24) is 4.90 Å². The molecule has 2 aromatic rings. The van der Waals surface area contributed by atoms with Gasteiger partial charge in [0, 0.05) is 12.0 Å². The Kier molecular flexibility index (Phi) is 5.57. The van der Waals surface area contributed by atoms with Gasteiger partial charge in [0.15, 0.2) is 16.4 Å². The van der Waals surface area contributed by atoms with Crippen molar-refractivity contribution in [3.05, 3.63) is 77.2 Å². The van der Waals surface area contributed by atoms with E-state index in [1.54, 1.807) is 24.3 Å². The summed E-state index contributed by atoms with van der Waals surface area (Å²) >= 11 is 0. The lowest BCUT2D eigenvalue weighted by Crippen LogP contribution is -2.42. The molecule has 138 valence electrons. The van der Waals surface area contributed by atoms with Crippen LogP contribution in [-0.2, 0) is 21.2 Å². The van der Waals surface area contributed by atoms with E-state index >= 15 is 0 Å². The van der Waals surface area contributed by atoms with Gasteiger partial charge in [0.25, 0.3) is 5.91 Å². The Bertz CT molecular complexity index is 994. The second-order valence-corrected chi connectivity index (χ2v) is 8.06. The van der Waals surface area contributed by atoms with E-state index in [1.807, 2.05) is 36.4 Å². The van der Waals surface area contributed by atoms with Gasteiger partial charge in [-0.3, -0.25) is 4.79 Å². The molecule has 2 aromatic carbocycles. The lowest BCUT2D eigenvalue weighted by molar-refractivity contribution is -0.135. The first kappa shape index (κ1) is 18.7. The number of benzene rings is 2. The molecule has 6 nitrogen and oxygen atoms in total. The number of nitrogens with zero attached hydrogens (tertiary/aromatic N) is 2. The van der Waals surface area contributed by atoms with Crippen LogP contribution >= 0.6 is 0 Å². The van der Waals surface area contributed by atoms with E-state index in [-0.39, 0.29) is 24.8 Å². The topological polar surface area (TPSA) is 87.5 Å². The third-order valence-electron chi connectivity index (χ3n) is 4.19. The molecular formula is C20H18N2O4S. The minimum absolute atomic E-state index is 0.139. The van der Waals surface area contributed by atoms with E-state index in [9.17, 15) is 13.2 Å².